The van der Waals surface area contributed by atoms with Crippen molar-refractivity contribution in [2.24, 2.45) is 0 Å². The van der Waals surface area contributed by atoms with Gasteiger partial charge in [0.15, 0.2) is 0 Å². The second kappa shape index (κ2) is 18.2. The minimum atomic E-state index is -0.806. The lowest BCUT2D eigenvalue weighted by Crippen LogP contribution is -3.00. The first-order chi connectivity index (χ1) is 12.7. The number of halogens is 1. The molecule has 1 unspecified atom stereocenters. The van der Waals surface area contributed by atoms with Crippen molar-refractivity contribution >= 4 is 7.26 Å². The molecule has 0 aromatic heterocycles. The number of rotatable bonds is 17. The molecule has 0 spiro atoms. The first-order valence-electron chi connectivity index (χ1n) is 11.6. The third-order valence-electron chi connectivity index (χ3n) is 5.76. The Balaban J connectivity index is 0.00000676. The smallest absolute Gasteiger partial charge is 0.0840 e. The van der Waals surface area contributed by atoms with Gasteiger partial charge >= 0.3 is 0 Å². The predicted octanol–water partition coefficient (Wildman–Crippen LogP) is 5.95. The second-order valence-electron chi connectivity index (χ2n) is 8.60. The van der Waals surface area contributed by atoms with Gasteiger partial charge in [0.1, 0.15) is 0 Å². The summed E-state index contributed by atoms with van der Waals surface area (Å²) in [6.45, 7) is 7.29. The van der Waals surface area contributed by atoms with Crippen LogP contribution in [-0.4, -0.2) is 19.0 Å². The van der Waals surface area contributed by atoms with Gasteiger partial charge < -0.3 is 17.0 Å². The average molecular weight is 458 g/mol. The fraction of sp³-hybridized carbons (Fsp3) is 0.760. The van der Waals surface area contributed by atoms with E-state index in [1.807, 2.05) is 0 Å². The Kier molecular flexibility index (Phi) is 18.3. The van der Waals surface area contributed by atoms with Crippen molar-refractivity contribution in [3.8, 4) is 0 Å². The molecule has 0 aliphatic heterocycles. The number of unbranched alkanes of at least 4 members (excludes halogenated alkanes) is 11. The summed E-state index contributed by atoms with van der Waals surface area (Å²) in [4.78, 5) is 0. The number of hydrogen-bond donors (Lipinski definition) is 0. The monoisotopic (exact) mass is 456 g/mol. The summed E-state index contributed by atoms with van der Waals surface area (Å²) < 4.78 is 0. The van der Waals surface area contributed by atoms with Gasteiger partial charge in [0.05, 0.1) is 18.5 Å². The minimum absolute atomic E-state index is 0. The van der Waals surface area contributed by atoms with Crippen molar-refractivity contribution in [3.05, 3.63) is 35.9 Å². The molecule has 0 heterocycles. The van der Waals surface area contributed by atoms with Crippen LogP contribution in [0, 0.1) is 0 Å². The molecular weight excluding hydrogens is 411 g/mol. The molecule has 0 aliphatic carbocycles. The summed E-state index contributed by atoms with van der Waals surface area (Å²) in [5, 5.41) is 0. The molecule has 2 heteroatoms. The lowest BCUT2D eigenvalue weighted by atomic mass is 10.1. The molecule has 0 N–H and O–H groups in total. The zero-order chi connectivity index (χ0) is 18.9. The SMILES string of the molecule is CCCCCCCCCC[P+](C)(CCCCCCC)Cc1ccccc1.[Br-]. The quantitative estimate of drug-likeness (QED) is 0.200. The zero-order valence-electron chi connectivity index (χ0n) is 18.5. The molecule has 1 rings (SSSR count). The van der Waals surface area contributed by atoms with Crippen LogP contribution in [0.15, 0.2) is 30.3 Å². The Morgan fingerprint density at radius 3 is 1.44 bits per heavy atom. The first-order valence-corrected chi connectivity index (χ1v) is 14.4. The lowest BCUT2D eigenvalue weighted by Gasteiger charge is -2.24. The van der Waals surface area contributed by atoms with E-state index >= 15 is 0 Å². The van der Waals surface area contributed by atoms with E-state index in [0.717, 1.165) is 0 Å². The standard InChI is InChI=1S/C25H46P.BrH/c1-4-6-8-10-11-12-14-19-23-26(3,22-18-13-9-7-5-2)24-25-20-16-15-17-21-25;/h15-17,20-21H,4-14,18-19,22-24H2,1-3H3;1H/q+1;/p-1. The van der Waals surface area contributed by atoms with E-state index in [1.165, 1.54) is 102 Å². The van der Waals surface area contributed by atoms with Crippen LogP contribution in [0.5, 0.6) is 0 Å². The van der Waals surface area contributed by atoms with Gasteiger partial charge in [-0.25, -0.2) is 0 Å². The van der Waals surface area contributed by atoms with Crippen molar-refractivity contribution in [2.75, 3.05) is 19.0 Å². The molecule has 0 nitrogen and oxygen atoms in total. The number of benzene rings is 1. The molecule has 0 aliphatic rings. The molecule has 0 saturated carbocycles. The summed E-state index contributed by atoms with van der Waals surface area (Å²) in [5.74, 6) is 0. The van der Waals surface area contributed by atoms with Crippen LogP contribution < -0.4 is 17.0 Å². The van der Waals surface area contributed by atoms with E-state index in [4.69, 9.17) is 0 Å². The molecule has 158 valence electrons. The van der Waals surface area contributed by atoms with Crippen molar-refractivity contribution in [3.63, 3.8) is 0 Å². The lowest BCUT2D eigenvalue weighted by molar-refractivity contribution is -0.00000588. The normalized spacial score (nSPS) is 13.1. The molecule has 27 heavy (non-hydrogen) atoms. The number of hydrogen-bond acceptors (Lipinski definition) is 0. The Bertz CT molecular complexity index is 420. The molecule has 0 fully saturated rings. The highest BCUT2D eigenvalue weighted by Crippen LogP contribution is 2.59. The van der Waals surface area contributed by atoms with Crippen LogP contribution in [0.2, 0.25) is 0 Å². The summed E-state index contributed by atoms with van der Waals surface area (Å²) in [5.41, 5.74) is 1.58. The van der Waals surface area contributed by atoms with Crippen LogP contribution in [-0.2, 0) is 6.16 Å². The van der Waals surface area contributed by atoms with Gasteiger partial charge in [0.25, 0.3) is 0 Å². The second-order valence-corrected chi connectivity index (χ2v) is 13.0. The van der Waals surface area contributed by atoms with Crippen LogP contribution in [0.25, 0.3) is 0 Å². The van der Waals surface area contributed by atoms with E-state index in [1.54, 1.807) is 5.56 Å². The maximum absolute atomic E-state index is 2.67. The largest absolute Gasteiger partial charge is 1.00 e. The van der Waals surface area contributed by atoms with Crippen LogP contribution >= 0.6 is 7.26 Å². The van der Waals surface area contributed by atoms with E-state index in [9.17, 15) is 0 Å². The van der Waals surface area contributed by atoms with Gasteiger partial charge in [-0.1, -0.05) is 102 Å². The highest BCUT2D eigenvalue weighted by atomic mass is 79.9. The topological polar surface area (TPSA) is 0 Å². The molecule has 0 saturated heterocycles. The molecule has 0 amide bonds. The predicted molar refractivity (Wildman–Crippen MR) is 124 cm³/mol. The summed E-state index contributed by atoms with van der Waals surface area (Å²) in [7, 11) is -0.806. The van der Waals surface area contributed by atoms with E-state index in [0.29, 0.717) is 0 Å². The Morgan fingerprint density at radius 2 is 1.00 bits per heavy atom. The van der Waals surface area contributed by atoms with Crippen LogP contribution in [0.4, 0.5) is 0 Å². The van der Waals surface area contributed by atoms with Crippen LogP contribution in [0.3, 0.4) is 0 Å². The third-order valence-corrected chi connectivity index (χ3v) is 9.68. The summed E-state index contributed by atoms with van der Waals surface area (Å²) in [6.07, 6.45) is 23.1. The summed E-state index contributed by atoms with van der Waals surface area (Å²) in [6, 6.07) is 11.3. The molecule has 1 atom stereocenters. The van der Waals surface area contributed by atoms with Gasteiger partial charge in [-0.3, -0.25) is 0 Å². The maximum atomic E-state index is 2.67. The van der Waals surface area contributed by atoms with Crippen LogP contribution in [0.1, 0.15) is 103 Å². The zero-order valence-corrected chi connectivity index (χ0v) is 21.0. The Hall–Kier alpha value is 0.130. The van der Waals surface area contributed by atoms with Gasteiger partial charge in [0, 0.05) is 13.9 Å². The highest BCUT2D eigenvalue weighted by molar-refractivity contribution is 7.74. The molecule has 1 aromatic rings. The van der Waals surface area contributed by atoms with E-state index in [-0.39, 0.29) is 17.0 Å². The average Bonchev–Trinajstić information content (AvgIpc) is 2.64. The first kappa shape index (κ1) is 27.1. The molecule has 0 radical (unpaired) electrons. The fourth-order valence-corrected chi connectivity index (χ4v) is 7.62. The molecule has 1 aromatic carbocycles. The Labute approximate surface area is 182 Å². The Morgan fingerprint density at radius 1 is 0.593 bits per heavy atom. The third kappa shape index (κ3) is 14.7. The van der Waals surface area contributed by atoms with Crippen molar-refractivity contribution in [1.29, 1.82) is 0 Å². The van der Waals surface area contributed by atoms with Gasteiger partial charge in [-0.05, 0) is 31.2 Å². The fourth-order valence-electron chi connectivity index (χ4n) is 4.02. The van der Waals surface area contributed by atoms with Gasteiger partial charge in [-0.2, -0.15) is 0 Å². The highest BCUT2D eigenvalue weighted by Gasteiger charge is 2.30. The molecular formula is C25H46BrP. The summed E-state index contributed by atoms with van der Waals surface area (Å²) >= 11 is 0. The van der Waals surface area contributed by atoms with Crippen molar-refractivity contribution < 1.29 is 17.0 Å². The maximum Gasteiger partial charge on any atom is 0.0840 e. The molecule has 0 bridgehead atoms. The van der Waals surface area contributed by atoms with Gasteiger partial charge in [0.2, 0.25) is 0 Å². The van der Waals surface area contributed by atoms with Gasteiger partial charge in [-0.15, -0.1) is 0 Å². The minimum Gasteiger partial charge on any atom is -1.00 e. The van der Waals surface area contributed by atoms with E-state index < -0.39 is 7.26 Å². The van der Waals surface area contributed by atoms with E-state index in [2.05, 4.69) is 50.8 Å². The van der Waals surface area contributed by atoms with Crippen molar-refractivity contribution in [2.45, 2.75) is 103 Å². The van der Waals surface area contributed by atoms with Crippen molar-refractivity contribution in [1.82, 2.24) is 0 Å².